The molecule has 0 aliphatic heterocycles. The Bertz CT molecular complexity index is 430. The first kappa shape index (κ1) is 12.8. The summed E-state index contributed by atoms with van der Waals surface area (Å²) in [4.78, 5) is 21.6. The Morgan fingerprint density at radius 3 is 2.59 bits per heavy atom. The van der Waals surface area contributed by atoms with E-state index < -0.39 is 18.5 Å². The molecule has 17 heavy (non-hydrogen) atoms. The van der Waals surface area contributed by atoms with E-state index in [0.717, 1.165) is 0 Å². The van der Waals surface area contributed by atoms with Crippen LogP contribution in [0.5, 0.6) is 11.5 Å². The molecule has 1 rings (SSSR count). The Balaban J connectivity index is 3.08. The lowest BCUT2D eigenvalue weighted by molar-refractivity contribution is -0.120. The van der Waals surface area contributed by atoms with E-state index in [-0.39, 0.29) is 17.1 Å². The van der Waals surface area contributed by atoms with Gasteiger partial charge in [-0.3, -0.25) is 4.79 Å². The van der Waals surface area contributed by atoms with Crippen LogP contribution in [0.1, 0.15) is 17.3 Å². The number of aromatic carboxylic acids is 1. The monoisotopic (exact) mass is 239 g/mol. The quantitative estimate of drug-likeness (QED) is 0.759. The first-order chi connectivity index (χ1) is 8.06. The predicted molar refractivity (Wildman–Crippen MR) is 59.3 cm³/mol. The molecule has 0 aromatic heterocycles. The number of primary amides is 1. The molecule has 3 N–H and O–H groups in total. The second kappa shape index (κ2) is 5.74. The summed E-state index contributed by atoms with van der Waals surface area (Å²) in [6.45, 7) is 1.71. The van der Waals surface area contributed by atoms with Crippen molar-refractivity contribution >= 4 is 11.9 Å². The van der Waals surface area contributed by atoms with Gasteiger partial charge in [-0.15, -0.1) is 0 Å². The lowest BCUT2D eigenvalue weighted by Crippen LogP contribution is -2.21. The number of carboxylic acid groups (broad SMARTS) is 1. The van der Waals surface area contributed by atoms with Gasteiger partial charge in [-0.2, -0.15) is 0 Å². The van der Waals surface area contributed by atoms with Crippen molar-refractivity contribution in [2.24, 2.45) is 5.73 Å². The Kier molecular flexibility index (Phi) is 4.33. The zero-order valence-corrected chi connectivity index (χ0v) is 9.30. The van der Waals surface area contributed by atoms with Crippen molar-refractivity contribution in [3.05, 3.63) is 23.8 Å². The molecular formula is C11H13NO5. The van der Waals surface area contributed by atoms with Crippen LogP contribution < -0.4 is 15.2 Å². The maximum atomic E-state index is 11.0. The number of hydrogen-bond acceptors (Lipinski definition) is 4. The Labute approximate surface area is 97.9 Å². The van der Waals surface area contributed by atoms with Gasteiger partial charge in [0.1, 0.15) is 5.56 Å². The highest BCUT2D eigenvalue weighted by Gasteiger charge is 2.17. The van der Waals surface area contributed by atoms with Gasteiger partial charge in [0.2, 0.25) is 0 Å². The van der Waals surface area contributed by atoms with Gasteiger partial charge in [-0.25, -0.2) is 4.79 Å². The normalized spacial score (nSPS) is 9.71. The number of hydrogen-bond donors (Lipinski definition) is 2. The molecule has 1 aromatic rings. The van der Waals surface area contributed by atoms with Gasteiger partial charge < -0.3 is 20.3 Å². The zero-order valence-electron chi connectivity index (χ0n) is 9.30. The standard InChI is InChI=1S/C11H13NO5/c1-2-16-8-5-3-4-7(11(14)15)10(8)17-6-9(12)13/h3-5H,2,6H2,1H3,(H2,12,13)(H,14,15). The van der Waals surface area contributed by atoms with Crippen LogP contribution in [0.2, 0.25) is 0 Å². The summed E-state index contributed by atoms with van der Waals surface area (Å²) in [6, 6.07) is 4.46. The van der Waals surface area contributed by atoms with E-state index >= 15 is 0 Å². The second-order valence-electron chi connectivity index (χ2n) is 3.13. The Hall–Kier alpha value is -2.24. The maximum Gasteiger partial charge on any atom is 0.339 e. The molecule has 0 spiro atoms. The third-order valence-electron chi connectivity index (χ3n) is 1.87. The van der Waals surface area contributed by atoms with Crippen molar-refractivity contribution in [1.82, 2.24) is 0 Å². The van der Waals surface area contributed by atoms with E-state index in [1.165, 1.54) is 12.1 Å². The van der Waals surface area contributed by atoms with Crippen LogP contribution in [0.25, 0.3) is 0 Å². The highest BCUT2D eigenvalue weighted by atomic mass is 16.5. The first-order valence-electron chi connectivity index (χ1n) is 4.96. The number of rotatable bonds is 6. The molecule has 92 valence electrons. The van der Waals surface area contributed by atoms with E-state index in [2.05, 4.69) is 0 Å². The van der Waals surface area contributed by atoms with Gasteiger partial charge >= 0.3 is 5.97 Å². The van der Waals surface area contributed by atoms with E-state index in [4.69, 9.17) is 20.3 Å². The van der Waals surface area contributed by atoms with Crippen molar-refractivity contribution in [2.45, 2.75) is 6.92 Å². The molecule has 6 nitrogen and oxygen atoms in total. The van der Waals surface area contributed by atoms with E-state index in [0.29, 0.717) is 6.61 Å². The highest BCUT2D eigenvalue weighted by molar-refractivity contribution is 5.92. The van der Waals surface area contributed by atoms with Gasteiger partial charge in [-0.05, 0) is 19.1 Å². The minimum atomic E-state index is -1.16. The summed E-state index contributed by atoms with van der Waals surface area (Å²) in [5.41, 5.74) is 4.87. The Morgan fingerprint density at radius 1 is 1.35 bits per heavy atom. The summed E-state index contributed by atoms with van der Waals surface area (Å²) in [7, 11) is 0. The zero-order chi connectivity index (χ0) is 12.8. The summed E-state index contributed by atoms with van der Waals surface area (Å²) in [5, 5.41) is 8.97. The lowest BCUT2D eigenvalue weighted by atomic mass is 10.2. The van der Waals surface area contributed by atoms with Crippen LogP contribution in [0.4, 0.5) is 0 Å². The third kappa shape index (κ3) is 3.37. The van der Waals surface area contributed by atoms with Gasteiger partial charge in [0.25, 0.3) is 5.91 Å². The molecule has 0 radical (unpaired) electrons. The number of carboxylic acids is 1. The molecule has 0 aliphatic carbocycles. The van der Waals surface area contributed by atoms with Crippen LogP contribution in [-0.2, 0) is 4.79 Å². The molecule has 6 heteroatoms. The number of nitrogens with two attached hydrogens (primary N) is 1. The van der Waals surface area contributed by atoms with Crippen molar-refractivity contribution in [1.29, 1.82) is 0 Å². The molecule has 0 atom stereocenters. The summed E-state index contributed by atoms with van der Waals surface area (Å²) in [6.07, 6.45) is 0. The highest BCUT2D eigenvalue weighted by Crippen LogP contribution is 2.31. The molecular weight excluding hydrogens is 226 g/mol. The number of carbonyl (C=O) groups is 2. The largest absolute Gasteiger partial charge is 0.490 e. The molecule has 0 fully saturated rings. The van der Waals surface area contributed by atoms with Gasteiger partial charge in [0.15, 0.2) is 18.1 Å². The molecule has 0 heterocycles. The van der Waals surface area contributed by atoms with E-state index in [9.17, 15) is 9.59 Å². The molecule has 1 amide bonds. The van der Waals surface area contributed by atoms with Crippen LogP contribution in [0, 0.1) is 0 Å². The number of para-hydroxylation sites is 1. The summed E-state index contributed by atoms with van der Waals surface area (Å²) >= 11 is 0. The average Bonchev–Trinajstić information content (AvgIpc) is 2.27. The van der Waals surface area contributed by atoms with Crippen molar-refractivity contribution < 1.29 is 24.2 Å². The van der Waals surface area contributed by atoms with Crippen molar-refractivity contribution in [2.75, 3.05) is 13.2 Å². The number of benzene rings is 1. The van der Waals surface area contributed by atoms with Crippen molar-refractivity contribution in [3.8, 4) is 11.5 Å². The fourth-order valence-corrected chi connectivity index (χ4v) is 1.25. The van der Waals surface area contributed by atoms with Crippen molar-refractivity contribution in [3.63, 3.8) is 0 Å². The summed E-state index contributed by atoms with van der Waals surface area (Å²) < 4.78 is 10.3. The molecule has 0 aliphatic rings. The molecule has 1 aromatic carbocycles. The van der Waals surface area contributed by atoms with Gasteiger partial charge in [0.05, 0.1) is 6.61 Å². The topological polar surface area (TPSA) is 98.8 Å². The average molecular weight is 239 g/mol. The smallest absolute Gasteiger partial charge is 0.339 e. The fourth-order valence-electron chi connectivity index (χ4n) is 1.25. The van der Waals surface area contributed by atoms with Gasteiger partial charge in [0, 0.05) is 0 Å². The first-order valence-corrected chi connectivity index (χ1v) is 4.96. The van der Waals surface area contributed by atoms with E-state index in [1.54, 1.807) is 13.0 Å². The van der Waals surface area contributed by atoms with Crippen LogP contribution >= 0.6 is 0 Å². The van der Waals surface area contributed by atoms with Crippen LogP contribution in [-0.4, -0.2) is 30.2 Å². The molecule has 0 unspecified atom stereocenters. The summed E-state index contributed by atoms with van der Waals surface area (Å²) in [5.74, 6) is -1.56. The molecule has 0 saturated carbocycles. The number of amides is 1. The molecule has 0 bridgehead atoms. The minimum absolute atomic E-state index is 0.0145. The fraction of sp³-hybridized carbons (Fsp3) is 0.273. The second-order valence-corrected chi connectivity index (χ2v) is 3.13. The third-order valence-corrected chi connectivity index (χ3v) is 1.87. The minimum Gasteiger partial charge on any atom is -0.490 e. The lowest BCUT2D eigenvalue weighted by Gasteiger charge is -2.12. The molecule has 0 saturated heterocycles. The Morgan fingerprint density at radius 2 is 2.06 bits per heavy atom. The van der Waals surface area contributed by atoms with E-state index in [1.807, 2.05) is 0 Å². The van der Waals surface area contributed by atoms with Crippen LogP contribution in [0.3, 0.4) is 0 Å². The predicted octanol–water partition coefficient (Wildman–Crippen LogP) is 0.648. The number of carbonyl (C=O) groups excluding carboxylic acids is 1. The SMILES string of the molecule is CCOc1cccc(C(=O)O)c1OCC(N)=O. The maximum absolute atomic E-state index is 11.0. The van der Waals surface area contributed by atoms with Crippen LogP contribution in [0.15, 0.2) is 18.2 Å². The van der Waals surface area contributed by atoms with Gasteiger partial charge in [-0.1, -0.05) is 6.07 Å². The number of ether oxygens (including phenoxy) is 2.